The maximum Gasteiger partial charge on any atom is 0.144 e. The van der Waals surface area contributed by atoms with Crippen molar-refractivity contribution in [3.05, 3.63) is 83.4 Å². The Bertz CT molecular complexity index is 1330. The summed E-state index contributed by atoms with van der Waals surface area (Å²) in [6.07, 6.45) is 2.76. The molecule has 6 nitrogen and oxygen atoms in total. The van der Waals surface area contributed by atoms with Crippen LogP contribution in [0.2, 0.25) is 0 Å². The van der Waals surface area contributed by atoms with Crippen LogP contribution in [0.3, 0.4) is 0 Å². The van der Waals surface area contributed by atoms with Crippen LogP contribution in [0.15, 0.2) is 55.1 Å². The van der Waals surface area contributed by atoms with Crippen LogP contribution in [0.4, 0.5) is 14.5 Å². The van der Waals surface area contributed by atoms with Gasteiger partial charge in [-0.2, -0.15) is 0 Å². The fourth-order valence-electron chi connectivity index (χ4n) is 4.14. The van der Waals surface area contributed by atoms with Crippen molar-refractivity contribution in [3.8, 4) is 11.3 Å². The molecule has 1 aliphatic rings. The number of halogens is 2. The summed E-state index contributed by atoms with van der Waals surface area (Å²) in [5.41, 5.74) is 3.42. The lowest BCUT2D eigenvalue weighted by Gasteiger charge is -2.29. The highest BCUT2D eigenvalue weighted by Gasteiger charge is 2.20. The molecule has 5 rings (SSSR count). The number of hydrogen-bond donors (Lipinski definition) is 1. The lowest BCUT2D eigenvalue weighted by molar-refractivity contribution is 0.122. The number of aliphatic hydroxyl groups excluding tert-OH is 1. The number of rotatable bonds is 4. The number of nitrogens with zero attached hydrogens (tertiary/aromatic N) is 4. The van der Waals surface area contributed by atoms with Gasteiger partial charge < -0.3 is 14.7 Å². The summed E-state index contributed by atoms with van der Waals surface area (Å²) in [5.74, 6) is -0.982. The van der Waals surface area contributed by atoms with Crippen LogP contribution in [0.25, 0.3) is 22.2 Å². The third kappa shape index (κ3) is 4.03. The first-order valence-electron chi connectivity index (χ1n) is 10.7. The average molecular weight is 448 g/mol. The quantitative estimate of drug-likeness (QED) is 0.505. The molecule has 1 N–H and O–H groups in total. The zero-order valence-electron chi connectivity index (χ0n) is 18.0. The molecule has 1 saturated heterocycles. The van der Waals surface area contributed by atoms with Crippen molar-refractivity contribution in [1.82, 2.24) is 15.0 Å². The predicted octanol–water partition coefficient (Wildman–Crippen LogP) is 4.20. The number of fused-ring (bicyclic) bond motifs is 1. The number of benzene rings is 2. The highest BCUT2D eigenvalue weighted by Crippen LogP contribution is 2.33. The molecule has 168 valence electrons. The summed E-state index contributed by atoms with van der Waals surface area (Å²) in [4.78, 5) is 14.8. The van der Waals surface area contributed by atoms with Crippen LogP contribution in [-0.4, -0.2) is 46.4 Å². The van der Waals surface area contributed by atoms with Gasteiger partial charge in [-0.25, -0.2) is 18.7 Å². The molecule has 8 heteroatoms. The van der Waals surface area contributed by atoms with E-state index in [0.29, 0.717) is 46.5 Å². The number of ether oxygens (including phenoxy) is 1. The summed E-state index contributed by atoms with van der Waals surface area (Å²) in [5, 5.41) is 11.6. The summed E-state index contributed by atoms with van der Waals surface area (Å²) in [6, 6.07) is 10.1. The van der Waals surface area contributed by atoms with E-state index < -0.39 is 17.7 Å². The Morgan fingerprint density at radius 2 is 1.82 bits per heavy atom. The van der Waals surface area contributed by atoms with Crippen molar-refractivity contribution >= 4 is 16.6 Å². The summed E-state index contributed by atoms with van der Waals surface area (Å²) in [7, 11) is 0. The lowest BCUT2D eigenvalue weighted by Crippen LogP contribution is -2.36. The Kier molecular flexibility index (Phi) is 5.70. The third-order valence-electron chi connectivity index (χ3n) is 6.04. The van der Waals surface area contributed by atoms with Crippen LogP contribution in [0.5, 0.6) is 0 Å². The fraction of sp³-hybridized carbons (Fsp3) is 0.240. The van der Waals surface area contributed by atoms with Gasteiger partial charge in [-0.3, -0.25) is 4.98 Å². The molecule has 1 fully saturated rings. The van der Waals surface area contributed by atoms with Gasteiger partial charge in [0.2, 0.25) is 0 Å². The Labute approximate surface area is 189 Å². The van der Waals surface area contributed by atoms with Gasteiger partial charge in [0.1, 0.15) is 24.1 Å². The minimum Gasteiger partial charge on any atom is -0.384 e. The molecule has 0 radical (unpaired) electrons. The molecule has 0 spiro atoms. The molecular weight excluding hydrogens is 426 g/mol. The Hall–Kier alpha value is -3.49. The van der Waals surface area contributed by atoms with Gasteiger partial charge in [0.05, 0.1) is 30.6 Å². The molecule has 0 bridgehead atoms. The van der Waals surface area contributed by atoms with E-state index in [4.69, 9.17) is 4.74 Å². The molecule has 4 aromatic rings. The SMILES string of the molecule is Cc1c(F)cncc1C(O)c1ccc(F)c(-c2ncnc3cc(N4CCOCC4)ccc23)c1. The van der Waals surface area contributed by atoms with Gasteiger partial charge in [-0.05, 0) is 48.4 Å². The molecule has 2 aromatic heterocycles. The van der Waals surface area contributed by atoms with Gasteiger partial charge in [-0.15, -0.1) is 0 Å². The van der Waals surface area contributed by atoms with Gasteiger partial charge >= 0.3 is 0 Å². The van der Waals surface area contributed by atoms with Crippen molar-refractivity contribution in [2.45, 2.75) is 13.0 Å². The van der Waals surface area contributed by atoms with Gasteiger partial charge in [0.15, 0.2) is 0 Å². The average Bonchev–Trinajstić information content (AvgIpc) is 2.85. The molecule has 1 atom stereocenters. The van der Waals surface area contributed by atoms with E-state index in [9.17, 15) is 13.9 Å². The van der Waals surface area contributed by atoms with Gasteiger partial charge in [-0.1, -0.05) is 6.07 Å². The number of anilines is 1. The molecule has 0 aliphatic carbocycles. The lowest BCUT2D eigenvalue weighted by atomic mass is 9.96. The van der Waals surface area contributed by atoms with Gasteiger partial charge in [0.25, 0.3) is 0 Å². The molecule has 1 unspecified atom stereocenters. The van der Waals surface area contributed by atoms with E-state index in [2.05, 4.69) is 19.9 Å². The van der Waals surface area contributed by atoms with Crippen LogP contribution >= 0.6 is 0 Å². The number of aliphatic hydroxyl groups is 1. The number of pyridine rings is 1. The minimum absolute atomic E-state index is 0.236. The molecule has 33 heavy (non-hydrogen) atoms. The highest BCUT2D eigenvalue weighted by molar-refractivity contribution is 5.94. The largest absolute Gasteiger partial charge is 0.384 e. The van der Waals surface area contributed by atoms with E-state index in [1.54, 1.807) is 13.0 Å². The van der Waals surface area contributed by atoms with Crippen LogP contribution in [0, 0.1) is 18.6 Å². The number of aromatic nitrogens is 3. The topological polar surface area (TPSA) is 71.4 Å². The van der Waals surface area contributed by atoms with E-state index in [1.165, 1.54) is 24.7 Å². The maximum atomic E-state index is 14.9. The first-order chi connectivity index (χ1) is 16.0. The Morgan fingerprint density at radius 1 is 1.00 bits per heavy atom. The molecule has 3 heterocycles. The van der Waals surface area contributed by atoms with Crippen molar-refractivity contribution in [1.29, 1.82) is 0 Å². The second-order valence-corrected chi connectivity index (χ2v) is 8.00. The van der Waals surface area contributed by atoms with Crippen molar-refractivity contribution < 1.29 is 18.6 Å². The molecule has 1 aliphatic heterocycles. The van der Waals surface area contributed by atoms with Gasteiger partial charge in [0, 0.05) is 41.5 Å². The van der Waals surface area contributed by atoms with E-state index in [0.717, 1.165) is 25.0 Å². The maximum absolute atomic E-state index is 14.9. The van der Waals surface area contributed by atoms with Crippen molar-refractivity contribution in [3.63, 3.8) is 0 Å². The zero-order chi connectivity index (χ0) is 22.9. The standard InChI is InChI=1S/C25H22F2N4O2/c1-15-20(12-28-13-22(15)27)25(32)16-2-5-21(26)19(10-16)24-18-4-3-17(11-23(18)29-14-30-24)31-6-8-33-9-7-31/h2-5,10-14,25,32H,6-9H2,1H3. The fourth-order valence-corrected chi connectivity index (χ4v) is 4.14. The first-order valence-corrected chi connectivity index (χ1v) is 10.7. The smallest absolute Gasteiger partial charge is 0.144 e. The predicted molar refractivity (Wildman–Crippen MR) is 121 cm³/mol. The van der Waals surface area contributed by atoms with E-state index >= 15 is 0 Å². The normalized spacial score (nSPS) is 15.1. The van der Waals surface area contributed by atoms with Crippen LogP contribution in [0.1, 0.15) is 22.8 Å². The Balaban J connectivity index is 1.56. The number of morpholine rings is 1. The zero-order valence-corrected chi connectivity index (χ0v) is 18.0. The first kappa shape index (κ1) is 21.4. The van der Waals surface area contributed by atoms with Crippen molar-refractivity contribution in [2.24, 2.45) is 0 Å². The molecule has 2 aromatic carbocycles. The molecule has 0 amide bonds. The van der Waals surface area contributed by atoms with E-state index in [1.807, 2.05) is 18.2 Å². The summed E-state index contributed by atoms with van der Waals surface area (Å²) < 4.78 is 34.3. The summed E-state index contributed by atoms with van der Waals surface area (Å²) in [6.45, 7) is 4.52. The Morgan fingerprint density at radius 3 is 2.64 bits per heavy atom. The minimum atomic E-state index is -1.16. The molecular formula is C25H22F2N4O2. The highest BCUT2D eigenvalue weighted by atomic mass is 19.1. The second kappa shape index (κ2) is 8.80. The molecule has 0 saturated carbocycles. The third-order valence-corrected chi connectivity index (χ3v) is 6.04. The number of hydrogen-bond acceptors (Lipinski definition) is 6. The second-order valence-electron chi connectivity index (χ2n) is 8.00. The van der Waals surface area contributed by atoms with Crippen LogP contribution < -0.4 is 4.90 Å². The van der Waals surface area contributed by atoms with Crippen LogP contribution in [-0.2, 0) is 4.74 Å². The van der Waals surface area contributed by atoms with E-state index in [-0.39, 0.29) is 5.56 Å². The monoisotopic (exact) mass is 448 g/mol. The summed E-state index contributed by atoms with van der Waals surface area (Å²) >= 11 is 0. The van der Waals surface area contributed by atoms with Crippen molar-refractivity contribution in [2.75, 3.05) is 31.2 Å².